The van der Waals surface area contributed by atoms with Gasteiger partial charge in [0.15, 0.2) is 0 Å². The van der Waals surface area contributed by atoms with Crippen LogP contribution in [0, 0.1) is 0 Å². The van der Waals surface area contributed by atoms with E-state index in [0.717, 1.165) is 0 Å². The minimum Gasteiger partial charge on any atom is 0 e. The van der Waals surface area contributed by atoms with Gasteiger partial charge in [0.1, 0.15) is 0 Å². The molecule has 21 valence electrons. The zero-order valence-corrected chi connectivity index (χ0v) is 4.00. The molecule has 1 radical (unpaired) electrons. The standard InChI is InChI=1S/O2P.V/c1-3-2;/q+1;. The van der Waals surface area contributed by atoms with E-state index in [1.807, 2.05) is 0 Å². The first-order valence-corrected chi connectivity index (χ1v) is 1.10. The Morgan fingerprint density at radius 3 is 1.25 bits per heavy atom. The molecule has 0 bridgehead atoms. The molecule has 0 fully saturated rings. The fourth-order valence-electron chi connectivity index (χ4n) is 0. The monoisotopic (exact) mass is 114 g/mol. The molecule has 0 aliphatic carbocycles. The third-order valence-corrected chi connectivity index (χ3v) is 0. The topological polar surface area (TPSA) is 34.1 Å². The van der Waals surface area contributed by atoms with Crippen LogP contribution in [0.3, 0.4) is 0 Å². The van der Waals surface area contributed by atoms with Crippen LogP contribution in [0.1, 0.15) is 0 Å². The van der Waals surface area contributed by atoms with Crippen molar-refractivity contribution in [3.05, 3.63) is 0 Å². The van der Waals surface area contributed by atoms with Crippen LogP contribution >= 0.6 is 8.34 Å². The van der Waals surface area contributed by atoms with E-state index < -0.39 is 8.34 Å². The Balaban J connectivity index is 0. The SMILES string of the molecule is O=[P+]=O.[V]. The summed E-state index contributed by atoms with van der Waals surface area (Å²) in [5.41, 5.74) is 0. The van der Waals surface area contributed by atoms with Crippen LogP contribution in [-0.4, -0.2) is 0 Å². The molecule has 0 aromatic rings. The van der Waals surface area contributed by atoms with Crippen molar-refractivity contribution in [2.45, 2.75) is 0 Å². The first-order chi connectivity index (χ1) is 1.41. The summed E-state index contributed by atoms with van der Waals surface area (Å²) in [6, 6.07) is 0. The van der Waals surface area contributed by atoms with Crippen LogP contribution in [0.25, 0.3) is 0 Å². The minimum atomic E-state index is -1.08. The van der Waals surface area contributed by atoms with Crippen molar-refractivity contribution < 1.29 is 27.7 Å². The van der Waals surface area contributed by atoms with Gasteiger partial charge in [0.05, 0.1) is 0 Å². The summed E-state index contributed by atoms with van der Waals surface area (Å²) in [5.74, 6) is 0. The number of hydrogen-bond donors (Lipinski definition) is 0. The van der Waals surface area contributed by atoms with Crippen LogP contribution in [0.15, 0.2) is 0 Å². The van der Waals surface area contributed by atoms with Crippen LogP contribution in [0.2, 0.25) is 0 Å². The molecule has 0 amide bonds. The first kappa shape index (κ1) is 8.82. The predicted octanol–water partition coefficient (Wildman–Crippen LogP) is 0.621. The fraction of sp³-hybridized carbons (Fsp3) is 0. The van der Waals surface area contributed by atoms with Crippen molar-refractivity contribution in [3.8, 4) is 0 Å². The second kappa shape index (κ2) is 9.48. The van der Waals surface area contributed by atoms with E-state index >= 15 is 0 Å². The van der Waals surface area contributed by atoms with Crippen LogP contribution in [-0.2, 0) is 27.7 Å². The molecular weight excluding hydrogens is 114 g/mol. The third kappa shape index (κ3) is 18.1. The fourth-order valence-corrected chi connectivity index (χ4v) is 0. The molecule has 0 aromatic heterocycles. The van der Waals surface area contributed by atoms with Gasteiger partial charge in [0.2, 0.25) is 0 Å². The van der Waals surface area contributed by atoms with Crippen molar-refractivity contribution in [3.63, 3.8) is 0 Å². The van der Waals surface area contributed by atoms with Crippen molar-refractivity contribution in [1.29, 1.82) is 0 Å². The Morgan fingerprint density at radius 1 is 1.25 bits per heavy atom. The maximum atomic E-state index is 8.35. The molecule has 0 aliphatic rings. The van der Waals surface area contributed by atoms with Gasteiger partial charge >= 0.3 is 17.5 Å². The molecule has 0 rings (SSSR count). The van der Waals surface area contributed by atoms with Crippen molar-refractivity contribution in [2.24, 2.45) is 0 Å². The quantitative estimate of drug-likeness (QED) is 0.432. The largest absolute Gasteiger partial charge is 0 e. The maximum absolute atomic E-state index is 8.35. The Morgan fingerprint density at radius 2 is 1.25 bits per heavy atom. The van der Waals surface area contributed by atoms with Gasteiger partial charge in [-0.15, -0.1) is 0 Å². The van der Waals surface area contributed by atoms with E-state index in [1.54, 1.807) is 0 Å². The zero-order valence-electron chi connectivity index (χ0n) is 1.71. The predicted molar refractivity (Wildman–Crippen MR) is 8.29 cm³/mol. The number of hydrogen-bond acceptors (Lipinski definition) is 2. The van der Waals surface area contributed by atoms with Gasteiger partial charge in [-0.05, 0) is 0 Å². The van der Waals surface area contributed by atoms with E-state index in [2.05, 4.69) is 0 Å². The molecule has 0 N–H and O–H groups in total. The second-order valence-corrected chi connectivity index (χ2v) is 0.224. The molecule has 0 spiro atoms. The summed E-state index contributed by atoms with van der Waals surface area (Å²) in [6.07, 6.45) is 0. The van der Waals surface area contributed by atoms with E-state index in [4.69, 9.17) is 9.13 Å². The van der Waals surface area contributed by atoms with E-state index in [0.29, 0.717) is 0 Å². The Kier molecular flexibility index (Phi) is 20.9. The molecule has 0 aromatic carbocycles. The maximum Gasteiger partial charge on any atom is 0 e. The van der Waals surface area contributed by atoms with Crippen LogP contribution < -0.4 is 0 Å². The second-order valence-electron chi connectivity index (χ2n) is 0.0745. The summed E-state index contributed by atoms with van der Waals surface area (Å²) < 4.78 is 16.7. The molecule has 4 heavy (non-hydrogen) atoms. The van der Waals surface area contributed by atoms with Gasteiger partial charge in [-0.3, -0.25) is 0 Å². The van der Waals surface area contributed by atoms with Gasteiger partial charge in [-0.25, -0.2) is 0 Å². The molecule has 0 aliphatic heterocycles. The van der Waals surface area contributed by atoms with E-state index in [1.165, 1.54) is 0 Å². The molecule has 0 atom stereocenters. The molecule has 4 heteroatoms. The normalized spacial score (nSPS) is 2.00. The summed E-state index contributed by atoms with van der Waals surface area (Å²) >= 11 is 0. The third-order valence-electron chi connectivity index (χ3n) is 0. The molecule has 0 heterocycles. The Hall–Kier alpha value is 0.614. The van der Waals surface area contributed by atoms with Crippen molar-refractivity contribution >= 4 is 8.34 Å². The smallest absolute Gasteiger partial charge is 0 e. The zero-order chi connectivity index (χ0) is 2.71. The first-order valence-electron chi connectivity index (χ1n) is 0.365. The van der Waals surface area contributed by atoms with Gasteiger partial charge in [-0.2, -0.15) is 0 Å². The van der Waals surface area contributed by atoms with E-state index in [9.17, 15) is 0 Å². The Labute approximate surface area is 36.7 Å². The summed E-state index contributed by atoms with van der Waals surface area (Å²) in [5, 5.41) is 0. The molecular formula is O2PV+. The van der Waals surface area contributed by atoms with Gasteiger partial charge in [-0.1, -0.05) is 0 Å². The Bertz CT molecular complexity index is 27.0. The van der Waals surface area contributed by atoms with E-state index in [-0.39, 0.29) is 18.6 Å². The molecule has 2 nitrogen and oxygen atoms in total. The molecule has 0 saturated heterocycles. The summed E-state index contributed by atoms with van der Waals surface area (Å²) in [4.78, 5) is 0. The molecule has 0 unspecified atom stereocenters. The number of rotatable bonds is 0. The van der Waals surface area contributed by atoms with Crippen LogP contribution in [0.5, 0.6) is 0 Å². The van der Waals surface area contributed by atoms with Gasteiger partial charge in [0, 0.05) is 18.6 Å². The van der Waals surface area contributed by atoms with Gasteiger partial charge in [0.25, 0.3) is 0 Å². The summed E-state index contributed by atoms with van der Waals surface area (Å²) in [7, 11) is -1.08. The average molecular weight is 114 g/mol. The molecule has 0 saturated carbocycles. The summed E-state index contributed by atoms with van der Waals surface area (Å²) in [6.45, 7) is 0. The minimum absolute atomic E-state index is 0. The van der Waals surface area contributed by atoms with Crippen molar-refractivity contribution in [2.75, 3.05) is 0 Å². The van der Waals surface area contributed by atoms with Gasteiger partial charge < -0.3 is 0 Å². The van der Waals surface area contributed by atoms with Crippen molar-refractivity contribution in [1.82, 2.24) is 0 Å². The average Bonchev–Trinajstić information content (AvgIpc) is 0.918. The van der Waals surface area contributed by atoms with Crippen LogP contribution in [0.4, 0.5) is 0 Å².